The maximum absolute atomic E-state index is 13.7. The molecule has 3 aromatic rings. The first-order valence-electron chi connectivity index (χ1n) is 9.74. The number of nitriles is 1. The van der Waals surface area contributed by atoms with Gasteiger partial charge < -0.3 is 16.4 Å². The van der Waals surface area contributed by atoms with E-state index in [1.807, 2.05) is 30.3 Å². The lowest BCUT2D eigenvalue weighted by molar-refractivity contribution is 0.581. The molecule has 4 N–H and O–H groups in total. The van der Waals surface area contributed by atoms with Gasteiger partial charge in [-0.25, -0.2) is 13.5 Å². The van der Waals surface area contributed by atoms with Crippen LogP contribution in [0.25, 0.3) is 5.69 Å². The zero-order valence-electron chi connectivity index (χ0n) is 17.5. The third-order valence-corrected chi connectivity index (χ3v) is 4.67. The van der Waals surface area contributed by atoms with Gasteiger partial charge in [-0.05, 0) is 43.2 Å². The fourth-order valence-electron chi connectivity index (χ4n) is 3.08. The van der Waals surface area contributed by atoms with Gasteiger partial charge in [0.15, 0.2) is 5.96 Å². The molecule has 1 aromatic heterocycles. The van der Waals surface area contributed by atoms with Gasteiger partial charge in [0.2, 0.25) is 0 Å². The standard InChI is InChI=1S/C22H23F2N7.HI/c1-27-22(29-14-15-12-16(23)9-10-19(15)24)28-11-5-8-20-18(13-25)21(26)31(30-20)17-6-3-2-4-7-17;/h2-4,6-7,9-10,12H,5,8,11,14,26H2,1H3,(H2,27,28,29);1H. The Balaban J connectivity index is 0.00000363. The molecule has 168 valence electrons. The van der Waals surface area contributed by atoms with Crippen molar-refractivity contribution in [3.8, 4) is 11.8 Å². The van der Waals surface area contributed by atoms with Crippen molar-refractivity contribution in [3.05, 3.63) is 77.0 Å². The van der Waals surface area contributed by atoms with E-state index in [-0.39, 0.29) is 36.1 Å². The zero-order valence-corrected chi connectivity index (χ0v) is 19.8. The molecule has 0 bridgehead atoms. The summed E-state index contributed by atoms with van der Waals surface area (Å²) in [7, 11) is 1.59. The Morgan fingerprint density at radius 2 is 1.94 bits per heavy atom. The molecule has 2 aromatic carbocycles. The summed E-state index contributed by atoms with van der Waals surface area (Å²) in [6, 6.07) is 14.8. The van der Waals surface area contributed by atoms with Crippen molar-refractivity contribution in [1.82, 2.24) is 20.4 Å². The number of nitrogens with zero attached hydrogens (tertiary/aromatic N) is 4. The molecule has 0 aliphatic carbocycles. The highest BCUT2D eigenvalue weighted by atomic mass is 127. The molecule has 0 saturated heterocycles. The lowest BCUT2D eigenvalue weighted by Gasteiger charge is -2.12. The molecular formula is C22H24F2IN7. The van der Waals surface area contributed by atoms with Gasteiger partial charge in [-0.2, -0.15) is 10.4 Å². The van der Waals surface area contributed by atoms with E-state index in [0.29, 0.717) is 42.4 Å². The molecule has 32 heavy (non-hydrogen) atoms. The van der Waals surface area contributed by atoms with Crippen molar-refractivity contribution >= 4 is 35.8 Å². The van der Waals surface area contributed by atoms with E-state index in [0.717, 1.165) is 23.9 Å². The highest BCUT2D eigenvalue weighted by Crippen LogP contribution is 2.21. The van der Waals surface area contributed by atoms with E-state index in [4.69, 9.17) is 5.73 Å². The average Bonchev–Trinajstić information content (AvgIpc) is 3.11. The van der Waals surface area contributed by atoms with Crippen molar-refractivity contribution in [2.45, 2.75) is 19.4 Å². The Morgan fingerprint density at radius 3 is 2.62 bits per heavy atom. The molecule has 0 fully saturated rings. The van der Waals surface area contributed by atoms with Crippen molar-refractivity contribution in [1.29, 1.82) is 5.26 Å². The van der Waals surface area contributed by atoms with E-state index in [1.54, 1.807) is 11.7 Å². The van der Waals surface area contributed by atoms with Crippen LogP contribution in [-0.2, 0) is 13.0 Å². The highest BCUT2D eigenvalue weighted by Gasteiger charge is 2.16. The second kappa shape index (κ2) is 12.0. The topological polar surface area (TPSA) is 104 Å². The first-order valence-corrected chi connectivity index (χ1v) is 9.74. The number of nitrogens with two attached hydrogens (primary N) is 1. The van der Waals surface area contributed by atoms with E-state index < -0.39 is 11.6 Å². The molecular weight excluding hydrogens is 527 g/mol. The van der Waals surface area contributed by atoms with E-state index >= 15 is 0 Å². The minimum absolute atomic E-state index is 0. The summed E-state index contributed by atoms with van der Waals surface area (Å²) in [5.41, 5.74) is 8.10. The zero-order chi connectivity index (χ0) is 22.2. The Kier molecular flexibility index (Phi) is 9.39. The van der Waals surface area contributed by atoms with Crippen LogP contribution in [0.2, 0.25) is 0 Å². The third kappa shape index (κ3) is 6.16. The summed E-state index contributed by atoms with van der Waals surface area (Å²) >= 11 is 0. The smallest absolute Gasteiger partial charge is 0.191 e. The molecule has 0 saturated carbocycles. The Hall–Kier alpha value is -3.20. The van der Waals surface area contributed by atoms with Crippen LogP contribution < -0.4 is 16.4 Å². The lowest BCUT2D eigenvalue weighted by atomic mass is 10.1. The van der Waals surface area contributed by atoms with Gasteiger partial charge in [0.25, 0.3) is 0 Å². The number of para-hydroxylation sites is 1. The second-order valence-electron chi connectivity index (χ2n) is 6.76. The quantitative estimate of drug-likeness (QED) is 0.181. The second-order valence-corrected chi connectivity index (χ2v) is 6.76. The molecule has 7 nitrogen and oxygen atoms in total. The third-order valence-electron chi connectivity index (χ3n) is 4.67. The molecule has 0 radical (unpaired) electrons. The van der Waals surface area contributed by atoms with Crippen LogP contribution in [0, 0.1) is 23.0 Å². The van der Waals surface area contributed by atoms with Crippen LogP contribution in [0.3, 0.4) is 0 Å². The van der Waals surface area contributed by atoms with Crippen molar-refractivity contribution < 1.29 is 8.78 Å². The SMILES string of the molecule is CN=C(NCCCc1nn(-c2ccccc2)c(N)c1C#N)NCc1cc(F)ccc1F.I. The molecule has 0 amide bonds. The minimum atomic E-state index is -0.497. The van der Waals surface area contributed by atoms with Crippen LogP contribution >= 0.6 is 24.0 Å². The first-order chi connectivity index (χ1) is 15.0. The number of rotatable bonds is 7. The highest BCUT2D eigenvalue weighted by molar-refractivity contribution is 14.0. The van der Waals surface area contributed by atoms with Gasteiger partial charge in [0.05, 0.1) is 11.4 Å². The fraction of sp³-hybridized carbons (Fsp3) is 0.227. The van der Waals surface area contributed by atoms with Gasteiger partial charge in [0, 0.05) is 25.7 Å². The summed E-state index contributed by atoms with van der Waals surface area (Å²) in [4.78, 5) is 4.08. The summed E-state index contributed by atoms with van der Waals surface area (Å²) in [5.74, 6) is -0.214. The molecule has 1 heterocycles. The molecule has 0 spiro atoms. The van der Waals surface area contributed by atoms with Crippen LogP contribution in [0.1, 0.15) is 23.2 Å². The largest absolute Gasteiger partial charge is 0.382 e. The number of halogens is 3. The number of aliphatic imine (C=N–C) groups is 1. The van der Waals surface area contributed by atoms with Crippen molar-refractivity contribution in [2.75, 3.05) is 19.3 Å². The van der Waals surface area contributed by atoms with Gasteiger partial charge in [0.1, 0.15) is 29.1 Å². The monoisotopic (exact) mass is 551 g/mol. The molecule has 10 heteroatoms. The van der Waals surface area contributed by atoms with E-state index in [1.165, 1.54) is 0 Å². The minimum Gasteiger partial charge on any atom is -0.382 e. The average molecular weight is 551 g/mol. The normalized spacial score (nSPS) is 10.9. The fourth-order valence-corrected chi connectivity index (χ4v) is 3.08. The van der Waals surface area contributed by atoms with E-state index in [9.17, 15) is 14.0 Å². The number of guanidine groups is 1. The summed E-state index contributed by atoms with van der Waals surface area (Å²) in [6.07, 6.45) is 1.20. The van der Waals surface area contributed by atoms with Gasteiger partial charge in [-0.3, -0.25) is 4.99 Å². The molecule has 0 aliphatic heterocycles. The number of aryl methyl sites for hydroxylation is 1. The number of hydrogen-bond acceptors (Lipinski definition) is 4. The van der Waals surface area contributed by atoms with Crippen LogP contribution in [0.5, 0.6) is 0 Å². The molecule has 0 aliphatic rings. The summed E-state index contributed by atoms with van der Waals surface area (Å²) < 4.78 is 28.6. The Morgan fingerprint density at radius 1 is 1.19 bits per heavy atom. The number of anilines is 1. The Labute approximate surface area is 202 Å². The maximum Gasteiger partial charge on any atom is 0.191 e. The van der Waals surface area contributed by atoms with Crippen LogP contribution in [0.15, 0.2) is 53.5 Å². The van der Waals surface area contributed by atoms with Gasteiger partial charge >= 0.3 is 0 Å². The first kappa shape index (κ1) is 25.1. The predicted molar refractivity (Wildman–Crippen MR) is 131 cm³/mol. The van der Waals surface area contributed by atoms with E-state index in [2.05, 4.69) is 26.8 Å². The van der Waals surface area contributed by atoms with Gasteiger partial charge in [-0.15, -0.1) is 24.0 Å². The number of aromatic nitrogens is 2. The van der Waals surface area contributed by atoms with Crippen molar-refractivity contribution in [2.24, 2.45) is 4.99 Å². The number of hydrogen-bond donors (Lipinski definition) is 3. The Bertz CT molecular complexity index is 1110. The lowest BCUT2D eigenvalue weighted by Crippen LogP contribution is -2.37. The molecule has 0 atom stereocenters. The van der Waals surface area contributed by atoms with Crippen LogP contribution in [-0.4, -0.2) is 29.3 Å². The number of nitrogen functional groups attached to an aromatic ring is 1. The number of benzene rings is 2. The predicted octanol–water partition coefficient (Wildman–Crippen LogP) is 3.52. The van der Waals surface area contributed by atoms with Crippen LogP contribution in [0.4, 0.5) is 14.6 Å². The summed E-state index contributed by atoms with van der Waals surface area (Å²) in [5, 5.41) is 20.0. The summed E-state index contributed by atoms with van der Waals surface area (Å²) in [6.45, 7) is 0.633. The number of nitrogens with one attached hydrogen (secondary N) is 2. The molecule has 0 unspecified atom stereocenters. The van der Waals surface area contributed by atoms with Gasteiger partial charge in [-0.1, -0.05) is 18.2 Å². The van der Waals surface area contributed by atoms with Crippen molar-refractivity contribution in [3.63, 3.8) is 0 Å². The maximum atomic E-state index is 13.7. The molecule has 3 rings (SSSR count).